The molecule has 1 saturated heterocycles. The molecule has 0 aromatic heterocycles. The van der Waals surface area contributed by atoms with Crippen molar-refractivity contribution in [2.45, 2.75) is 57.8 Å². The molecule has 3 rings (SSSR count). The maximum Gasteiger partial charge on any atom is 0.226 e. The number of halogens is 1. The van der Waals surface area contributed by atoms with Crippen molar-refractivity contribution < 1.29 is 14.3 Å². The molecule has 0 unspecified atom stereocenters. The summed E-state index contributed by atoms with van der Waals surface area (Å²) in [6.07, 6.45) is 10.8. The van der Waals surface area contributed by atoms with Crippen molar-refractivity contribution in [2.75, 3.05) is 25.5 Å². The zero-order chi connectivity index (χ0) is 20.6. The molecular weight excluding hydrogens is 388 g/mol. The van der Waals surface area contributed by atoms with E-state index in [0.717, 1.165) is 45.2 Å². The van der Waals surface area contributed by atoms with Crippen molar-refractivity contribution in [2.24, 2.45) is 5.92 Å². The Morgan fingerprint density at radius 2 is 2.14 bits per heavy atom. The van der Waals surface area contributed by atoms with Crippen LogP contribution in [0.25, 0.3) is 0 Å². The lowest BCUT2D eigenvalue weighted by molar-refractivity contribution is -0.132. The molecule has 0 spiro atoms. The fourth-order valence-corrected chi connectivity index (χ4v) is 4.46. The average Bonchev–Trinajstić information content (AvgIpc) is 2.73. The molecule has 0 bridgehead atoms. The SMILES string of the molecule is COc1ccc(NC(=O)CC[C@@H]2CCCN(C(=O)CC3=CCCCC3)C2)cc1Cl. The molecule has 2 amide bonds. The second kappa shape index (κ2) is 10.7. The van der Waals surface area contributed by atoms with E-state index in [9.17, 15) is 9.59 Å². The highest BCUT2D eigenvalue weighted by Gasteiger charge is 2.24. The van der Waals surface area contributed by atoms with Crippen LogP contribution in [0.1, 0.15) is 57.8 Å². The van der Waals surface area contributed by atoms with Gasteiger partial charge in [0.25, 0.3) is 0 Å². The molecule has 29 heavy (non-hydrogen) atoms. The Kier molecular flexibility index (Phi) is 7.99. The van der Waals surface area contributed by atoms with Crippen LogP contribution >= 0.6 is 11.6 Å². The van der Waals surface area contributed by atoms with E-state index in [1.54, 1.807) is 25.3 Å². The van der Waals surface area contributed by atoms with E-state index >= 15 is 0 Å². The zero-order valence-electron chi connectivity index (χ0n) is 17.2. The molecule has 1 aromatic rings. The first kappa shape index (κ1) is 21.7. The van der Waals surface area contributed by atoms with Gasteiger partial charge in [0.05, 0.1) is 12.1 Å². The minimum atomic E-state index is -0.0259. The second-order valence-electron chi connectivity index (χ2n) is 8.07. The number of benzene rings is 1. The first-order valence-corrected chi connectivity index (χ1v) is 11.0. The summed E-state index contributed by atoms with van der Waals surface area (Å²) in [6.45, 7) is 1.62. The van der Waals surface area contributed by atoms with Crippen LogP contribution in [-0.4, -0.2) is 36.9 Å². The Bertz CT molecular complexity index is 762. The second-order valence-corrected chi connectivity index (χ2v) is 8.48. The minimum absolute atomic E-state index is 0.0259. The van der Waals surface area contributed by atoms with Gasteiger partial charge >= 0.3 is 0 Å². The largest absolute Gasteiger partial charge is 0.495 e. The van der Waals surface area contributed by atoms with E-state index in [1.807, 2.05) is 4.90 Å². The number of carbonyl (C=O) groups excluding carboxylic acids is 2. The Hall–Kier alpha value is -2.01. The number of hydrogen-bond donors (Lipinski definition) is 1. The van der Waals surface area contributed by atoms with Crippen LogP contribution in [0.3, 0.4) is 0 Å². The minimum Gasteiger partial charge on any atom is -0.495 e. The van der Waals surface area contributed by atoms with E-state index in [1.165, 1.54) is 18.4 Å². The molecule has 1 atom stereocenters. The number of amides is 2. The third-order valence-corrected chi connectivity index (χ3v) is 6.15. The highest BCUT2D eigenvalue weighted by molar-refractivity contribution is 6.32. The third-order valence-electron chi connectivity index (χ3n) is 5.85. The molecule has 1 aromatic carbocycles. The molecule has 1 aliphatic heterocycles. The standard InChI is InChI=1S/C23H31ClN2O3/c1-29-21-11-10-19(15-20(21)24)25-22(27)12-9-18-8-5-13-26(16-18)23(28)14-17-6-3-2-4-7-17/h6,10-11,15,18H,2-5,7-9,12-14,16H2,1H3,(H,25,27)/t18-/m0/s1. The molecule has 0 radical (unpaired) electrons. The molecule has 2 aliphatic rings. The first-order chi connectivity index (χ1) is 14.0. The summed E-state index contributed by atoms with van der Waals surface area (Å²) in [5.74, 6) is 1.20. The van der Waals surface area contributed by atoms with Gasteiger partial charge in [0.2, 0.25) is 11.8 Å². The van der Waals surface area contributed by atoms with E-state index in [2.05, 4.69) is 11.4 Å². The summed E-state index contributed by atoms with van der Waals surface area (Å²) in [5.41, 5.74) is 1.97. The van der Waals surface area contributed by atoms with Crippen molar-refractivity contribution in [3.8, 4) is 5.75 Å². The topological polar surface area (TPSA) is 58.6 Å². The van der Waals surface area contributed by atoms with Crippen LogP contribution in [0, 0.1) is 5.92 Å². The van der Waals surface area contributed by atoms with Crippen molar-refractivity contribution in [1.82, 2.24) is 4.90 Å². The predicted octanol–water partition coefficient (Wildman–Crippen LogP) is 5.20. The Balaban J connectivity index is 1.44. The Morgan fingerprint density at radius 1 is 1.28 bits per heavy atom. The molecule has 5 nitrogen and oxygen atoms in total. The summed E-state index contributed by atoms with van der Waals surface area (Å²) < 4.78 is 5.13. The molecule has 1 aliphatic carbocycles. The van der Waals surface area contributed by atoms with Gasteiger partial charge in [-0.05, 0) is 69.1 Å². The van der Waals surface area contributed by atoms with Crippen LogP contribution in [0.15, 0.2) is 29.8 Å². The van der Waals surface area contributed by atoms with Gasteiger partial charge < -0.3 is 15.0 Å². The summed E-state index contributed by atoms with van der Waals surface area (Å²) in [6, 6.07) is 5.22. The summed E-state index contributed by atoms with van der Waals surface area (Å²) >= 11 is 6.11. The number of likely N-dealkylation sites (tertiary alicyclic amines) is 1. The molecule has 1 heterocycles. The number of methoxy groups -OCH3 is 1. The summed E-state index contributed by atoms with van der Waals surface area (Å²) in [7, 11) is 1.56. The number of anilines is 1. The quantitative estimate of drug-likeness (QED) is 0.619. The van der Waals surface area contributed by atoms with Crippen molar-refractivity contribution in [3.05, 3.63) is 34.9 Å². The van der Waals surface area contributed by atoms with Gasteiger partial charge in [-0.2, -0.15) is 0 Å². The normalized spacial score (nSPS) is 19.4. The summed E-state index contributed by atoms with van der Waals surface area (Å²) in [4.78, 5) is 27.0. The van der Waals surface area contributed by atoms with Crippen LogP contribution < -0.4 is 10.1 Å². The summed E-state index contributed by atoms with van der Waals surface area (Å²) in [5, 5.41) is 3.37. The van der Waals surface area contributed by atoms with Crippen LogP contribution in [-0.2, 0) is 9.59 Å². The van der Waals surface area contributed by atoms with Crippen molar-refractivity contribution >= 4 is 29.1 Å². The van der Waals surface area contributed by atoms with Gasteiger partial charge in [-0.15, -0.1) is 0 Å². The van der Waals surface area contributed by atoms with Gasteiger partial charge in [-0.1, -0.05) is 23.3 Å². The van der Waals surface area contributed by atoms with Crippen LogP contribution in [0.2, 0.25) is 5.02 Å². The lowest BCUT2D eigenvalue weighted by Gasteiger charge is -2.33. The highest BCUT2D eigenvalue weighted by atomic mass is 35.5. The molecular formula is C23H31ClN2O3. The third kappa shape index (κ3) is 6.49. The maximum absolute atomic E-state index is 12.7. The number of piperidine rings is 1. The van der Waals surface area contributed by atoms with E-state index < -0.39 is 0 Å². The Labute approximate surface area is 178 Å². The molecule has 0 saturated carbocycles. The van der Waals surface area contributed by atoms with Gasteiger partial charge in [0, 0.05) is 31.6 Å². The number of ether oxygens (including phenoxy) is 1. The molecule has 6 heteroatoms. The zero-order valence-corrected chi connectivity index (χ0v) is 18.0. The number of nitrogens with zero attached hydrogens (tertiary/aromatic N) is 1. The van der Waals surface area contributed by atoms with Gasteiger partial charge in [0.15, 0.2) is 0 Å². The average molecular weight is 419 g/mol. The van der Waals surface area contributed by atoms with Gasteiger partial charge in [-0.3, -0.25) is 9.59 Å². The van der Waals surface area contributed by atoms with Gasteiger partial charge in [-0.25, -0.2) is 0 Å². The fraction of sp³-hybridized carbons (Fsp3) is 0.565. The van der Waals surface area contributed by atoms with Crippen LogP contribution in [0.5, 0.6) is 5.75 Å². The monoisotopic (exact) mass is 418 g/mol. The number of carbonyl (C=O) groups is 2. The number of nitrogens with one attached hydrogen (secondary N) is 1. The van der Waals surface area contributed by atoms with Gasteiger partial charge in [0.1, 0.15) is 5.75 Å². The lowest BCUT2D eigenvalue weighted by Crippen LogP contribution is -2.40. The fourth-order valence-electron chi connectivity index (χ4n) is 4.20. The molecule has 1 fully saturated rings. The predicted molar refractivity (Wildman–Crippen MR) is 116 cm³/mol. The first-order valence-electron chi connectivity index (χ1n) is 10.6. The van der Waals surface area contributed by atoms with Crippen molar-refractivity contribution in [3.63, 3.8) is 0 Å². The van der Waals surface area contributed by atoms with Crippen molar-refractivity contribution in [1.29, 1.82) is 0 Å². The van der Waals surface area contributed by atoms with E-state index in [0.29, 0.717) is 35.2 Å². The van der Waals surface area contributed by atoms with E-state index in [-0.39, 0.29) is 11.8 Å². The van der Waals surface area contributed by atoms with Crippen LogP contribution in [0.4, 0.5) is 5.69 Å². The Morgan fingerprint density at radius 3 is 2.86 bits per heavy atom. The highest BCUT2D eigenvalue weighted by Crippen LogP contribution is 2.28. The molecule has 158 valence electrons. The smallest absolute Gasteiger partial charge is 0.226 e. The maximum atomic E-state index is 12.7. The molecule has 1 N–H and O–H groups in total. The number of allylic oxidation sites excluding steroid dienone is 1. The number of rotatable bonds is 7. The van der Waals surface area contributed by atoms with E-state index in [4.69, 9.17) is 16.3 Å². The lowest BCUT2D eigenvalue weighted by atomic mass is 9.92. The number of hydrogen-bond acceptors (Lipinski definition) is 3.